The number of halogens is 1. The molecule has 0 amide bonds. The summed E-state index contributed by atoms with van der Waals surface area (Å²) in [6, 6.07) is 7.22. The smallest absolute Gasteiger partial charge is 0.0378 e. The molecule has 0 bridgehead atoms. The molecule has 2 rings (SSSR count). The zero-order valence-electron chi connectivity index (χ0n) is 12.1. The summed E-state index contributed by atoms with van der Waals surface area (Å²) in [7, 11) is 0. The second kappa shape index (κ2) is 6.25. The van der Waals surface area contributed by atoms with E-state index >= 15 is 0 Å². The monoisotopic (exact) mass is 325 g/mol. The molecule has 1 aliphatic heterocycles. The van der Waals surface area contributed by atoms with Crippen LogP contribution in [0, 0.1) is 0 Å². The van der Waals surface area contributed by atoms with Crippen molar-refractivity contribution in [3.8, 4) is 0 Å². The van der Waals surface area contributed by atoms with Crippen LogP contribution in [0.3, 0.4) is 0 Å². The number of nitrogens with zero attached hydrogens (tertiary/aromatic N) is 2. The summed E-state index contributed by atoms with van der Waals surface area (Å²) in [5, 5.41) is 0. The Morgan fingerprint density at radius 1 is 1.42 bits per heavy atom. The Bertz CT molecular complexity index is 433. The third kappa shape index (κ3) is 3.30. The lowest BCUT2D eigenvalue weighted by molar-refractivity contribution is 0.199. The van der Waals surface area contributed by atoms with Gasteiger partial charge >= 0.3 is 0 Å². The number of piperazine rings is 1. The van der Waals surface area contributed by atoms with Crippen molar-refractivity contribution in [2.75, 3.05) is 31.1 Å². The van der Waals surface area contributed by atoms with E-state index in [0.29, 0.717) is 6.04 Å². The predicted octanol–water partition coefficient (Wildman–Crippen LogP) is 3.00. The number of benzene rings is 1. The van der Waals surface area contributed by atoms with Gasteiger partial charge < -0.3 is 10.6 Å². The summed E-state index contributed by atoms with van der Waals surface area (Å²) >= 11 is 3.64. The van der Waals surface area contributed by atoms with Crippen LogP contribution < -0.4 is 10.6 Å². The van der Waals surface area contributed by atoms with Gasteiger partial charge in [-0.2, -0.15) is 0 Å². The largest absolute Gasteiger partial charge is 0.369 e. The van der Waals surface area contributed by atoms with Crippen molar-refractivity contribution < 1.29 is 0 Å². The molecule has 2 atom stereocenters. The fourth-order valence-corrected chi connectivity index (χ4v) is 3.51. The second-order valence-corrected chi connectivity index (χ2v) is 6.27. The Labute approximate surface area is 124 Å². The zero-order chi connectivity index (χ0) is 14.0. The van der Waals surface area contributed by atoms with Crippen molar-refractivity contribution in [3.63, 3.8) is 0 Å². The van der Waals surface area contributed by atoms with Crippen molar-refractivity contribution in [3.05, 3.63) is 28.2 Å². The maximum absolute atomic E-state index is 5.95. The minimum atomic E-state index is 0.0688. The number of hydrogen-bond donors (Lipinski definition) is 1. The molecule has 1 unspecified atom stereocenters. The first-order chi connectivity index (χ1) is 9.02. The topological polar surface area (TPSA) is 32.5 Å². The molecule has 0 aliphatic carbocycles. The molecule has 1 aromatic rings. The minimum absolute atomic E-state index is 0.0688. The first-order valence-electron chi connectivity index (χ1n) is 7.07. The van der Waals surface area contributed by atoms with Gasteiger partial charge in [-0.3, -0.25) is 4.90 Å². The summed E-state index contributed by atoms with van der Waals surface area (Å²) in [6.45, 7) is 11.0. The highest BCUT2D eigenvalue weighted by Gasteiger charge is 2.22. The van der Waals surface area contributed by atoms with E-state index in [9.17, 15) is 0 Å². The Kier molecular flexibility index (Phi) is 4.87. The quantitative estimate of drug-likeness (QED) is 0.927. The summed E-state index contributed by atoms with van der Waals surface area (Å²) in [4.78, 5) is 4.99. The molecule has 1 aliphatic rings. The summed E-state index contributed by atoms with van der Waals surface area (Å²) in [6.07, 6.45) is 0. The van der Waals surface area contributed by atoms with Gasteiger partial charge in [0.1, 0.15) is 0 Å². The van der Waals surface area contributed by atoms with E-state index in [0.717, 1.165) is 30.7 Å². The number of anilines is 1. The van der Waals surface area contributed by atoms with Crippen molar-refractivity contribution in [2.45, 2.75) is 32.9 Å². The molecule has 0 saturated carbocycles. The van der Waals surface area contributed by atoms with Crippen molar-refractivity contribution in [1.29, 1.82) is 0 Å². The van der Waals surface area contributed by atoms with E-state index in [2.05, 4.69) is 57.8 Å². The van der Waals surface area contributed by atoms with Crippen molar-refractivity contribution in [2.24, 2.45) is 5.73 Å². The maximum Gasteiger partial charge on any atom is 0.0378 e. The van der Waals surface area contributed by atoms with E-state index in [1.807, 2.05) is 6.92 Å². The van der Waals surface area contributed by atoms with E-state index in [4.69, 9.17) is 5.73 Å². The molecule has 0 radical (unpaired) electrons. The highest BCUT2D eigenvalue weighted by molar-refractivity contribution is 9.10. The molecule has 0 spiro atoms. The van der Waals surface area contributed by atoms with Crippen LogP contribution in [0.2, 0.25) is 0 Å². The number of hydrogen-bond acceptors (Lipinski definition) is 3. The molecular formula is C15H24BrN3. The second-order valence-electron chi connectivity index (χ2n) is 5.42. The van der Waals surface area contributed by atoms with E-state index in [1.54, 1.807) is 0 Å². The third-order valence-corrected chi connectivity index (χ3v) is 4.70. The molecule has 1 fully saturated rings. The number of nitrogens with two attached hydrogens (primary N) is 1. The van der Waals surface area contributed by atoms with E-state index in [-0.39, 0.29) is 6.04 Å². The third-order valence-electron chi connectivity index (χ3n) is 4.01. The number of rotatable bonds is 3. The van der Waals surface area contributed by atoms with Gasteiger partial charge in [0.15, 0.2) is 0 Å². The molecule has 1 heterocycles. The lowest BCUT2D eigenvalue weighted by Gasteiger charge is -2.40. The molecule has 1 saturated heterocycles. The van der Waals surface area contributed by atoms with Gasteiger partial charge in [-0.25, -0.2) is 0 Å². The average molecular weight is 326 g/mol. The first-order valence-corrected chi connectivity index (χ1v) is 7.86. The maximum atomic E-state index is 5.95. The Balaban J connectivity index is 2.13. The van der Waals surface area contributed by atoms with Crippen LogP contribution in [0.15, 0.2) is 22.7 Å². The lowest BCUT2D eigenvalue weighted by atomic mass is 10.1. The first kappa shape index (κ1) is 14.8. The van der Waals surface area contributed by atoms with Crippen molar-refractivity contribution in [1.82, 2.24) is 4.90 Å². The van der Waals surface area contributed by atoms with Gasteiger partial charge in [0.25, 0.3) is 0 Å². The van der Waals surface area contributed by atoms with Crippen LogP contribution in [-0.2, 0) is 0 Å². The van der Waals surface area contributed by atoms with Crippen LogP contribution in [0.25, 0.3) is 0 Å². The molecule has 0 aromatic heterocycles. The van der Waals surface area contributed by atoms with Crippen LogP contribution in [-0.4, -0.2) is 37.1 Å². The highest BCUT2D eigenvalue weighted by atomic mass is 79.9. The summed E-state index contributed by atoms with van der Waals surface area (Å²) < 4.78 is 1.12. The highest BCUT2D eigenvalue weighted by Crippen LogP contribution is 2.28. The van der Waals surface area contributed by atoms with Crippen molar-refractivity contribution >= 4 is 21.6 Å². The molecule has 3 nitrogen and oxygen atoms in total. The van der Waals surface area contributed by atoms with Crippen LogP contribution in [0.1, 0.15) is 32.4 Å². The lowest BCUT2D eigenvalue weighted by Crippen LogP contribution is -2.51. The Morgan fingerprint density at radius 3 is 2.68 bits per heavy atom. The Morgan fingerprint density at radius 2 is 2.16 bits per heavy atom. The number of likely N-dealkylation sites (N-methyl/N-ethyl adjacent to an activating group) is 1. The van der Waals surface area contributed by atoms with Gasteiger partial charge in [0, 0.05) is 41.9 Å². The van der Waals surface area contributed by atoms with Crippen LogP contribution in [0.4, 0.5) is 5.69 Å². The van der Waals surface area contributed by atoms with Gasteiger partial charge in [-0.05, 0) is 38.1 Å². The molecule has 4 heteroatoms. The normalized spacial score (nSPS) is 22.6. The van der Waals surface area contributed by atoms with Crippen LogP contribution >= 0.6 is 15.9 Å². The van der Waals surface area contributed by atoms with Gasteiger partial charge in [0.05, 0.1) is 0 Å². The van der Waals surface area contributed by atoms with Gasteiger partial charge in [-0.1, -0.05) is 28.9 Å². The van der Waals surface area contributed by atoms with E-state index in [1.165, 1.54) is 11.3 Å². The van der Waals surface area contributed by atoms with Gasteiger partial charge in [0.2, 0.25) is 0 Å². The fraction of sp³-hybridized carbons (Fsp3) is 0.600. The van der Waals surface area contributed by atoms with Crippen LogP contribution in [0.5, 0.6) is 0 Å². The molecule has 1 aromatic carbocycles. The summed E-state index contributed by atoms with van der Waals surface area (Å²) in [5.74, 6) is 0. The molecular weight excluding hydrogens is 302 g/mol. The molecule has 19 heavy (non-hydrogen) atoms. The molecule has 106 valence electrons. The predicted molar refractivity (Wildman–Crippen MR) is 85.7 cm³/mol. The molecule has 2 N–H and O–H groups in total. The average Bonchev–Trinajstić information content (AvgIpc) is 2.38. The minimum Gasteiger partial charge on any atom is -0.369 e. The van der Waals surface area contributed by atoms with Gasteiger partial charge in [-0.15, -0.1) is 0 Å². The van der Waals surface area contributed by atoms with E-state index < -0.39 is 0 Å². The standard InChI is InChI=1S/C15H24BrN3/c1-4-18-7-8-19(10-11(18)2)13-5-6-14(12(3)17)15(16)9-13/h5-6,9,11-12H,4,7-8,10,17H2,1-3H3/t11?,12-/m1/s1. The Hall–Kier alpha value is -0.580. The SMILES string of the molecule is CCN1CCN(c2ccc([C@@H](C)N)c(Br)c2)CC1C. The zero-order valence-corrected chi connectivity index (χ0v) is 13.7. The summed E-state index contributed by atoms with van der Waals surface area (Å²) in [5.41, 5.74) is 8.41. The fourth-order valence-electron chi connectivity index (χ4n) is 2.78.